The van der Waals surface area contributed by atoms with Gasteiger partial charge in [0.05, 0.1) is 5.56 Å². The highest BCUT2D eigenvalue weighted by atomic mass is 14.9. The fraction of sp³-hybridized carbons (Fsp3) is 0.393. The van der Waals surface area contributed by atoms with Crippen molar-refractivity contribution in [2.45, 2.75) is 65.2 Å². The first-order valence-electron chi connectivity index (χ1n) is 10.8. The van der Waals surface area contributed by atoms with E-state index in [4.69, 9.17) is 0 Å². The van der Waals surface area contributed by atoms with Crippen LogP contribution in [-0.2, 0) is 17.9 Å². The first-order chi connectivity index (χ1) is 13.6. The molecule has 29 heavy (non-hydrogen) atoms. The molecule has 1 aliphatic rings. The van der Waals surface area contributed by atoms with Crippen molar-refractivity contribution in [1.82, 2.24) is 0 Å². The number of rotatable bonds is 2. The number of benzene rings is 2. The minimum Gasteiger partial charge on any atom is -0.201 e. The van der Waals surface area contributed by atoms with Gasteiger partial charge in [0.15, 0.2) is 6.20 Å². The average molecular weight is 385 g/mol. The highest BCUT2D eigenvalue weighted by Gasteiger charge is 2.44. The molecular weight excluding hydrogens is 350 g/mol. The third-order valence-corrected chi connectivity index (χ3v) is 7.06. The lowest BCUT2D eigenvalue weighted by atomic mass is 9.58. The van der Waals surface area contributed by atoms with E-state index in [2.05, 4.69) is 115 Å². The maximum atomic E-state index is 2.39. The van der Waals surface area contributed by atoms with E-state index in [0.29, 0.717) is 5.92 Å². The van der Waals surface area contributed by atoms with E-state index in [0.717, 1.165) is 0 Å². The smallest absolute Gasteiger partial charge is 0.201 e. The van der Waals surface area contributed by atoms with Crippen LogP contribution in [0.25, 0.3) is 11.3 Å². The molecule has 0 fully saturated rings. The largest absolute Gasteiger partial charge is 0.212 e. The maximum Gasteiger partial charge on any atom is 0.212 e. The predicted octanol–water partition coefficient (Wildman–Crippen LogP) is 6.58. The molecule has 150 valence electrons. The monoisotopic (exact) mass is 384 g/mol. The van der Waals surface area contributed by atoms with E-state index in [1.165, 1.54) is 44.6 Å². The van der Waals surface area contributed by atoms with Gasteiger partial charge in [0.25, 0.3) is 0 Å². The second-order valence-corrected chi connectivity index (χ2v) is 10.1. The van der Waals surface area contributed by atoms with Crippen LogP contribution >= 0.6 is 0 Å². The molecule has 0 aliphatic heterocycles. The Labute approximate surface area is 176 Å². The number of aryl methyl sites for hydroxylation is 2. The van der Waals surface area contributed by atoms with Crippen molar-refractivity contribution >= 4 is 0 Å². The van der Waals surface area contributed by atoms with Gasteiger partial charge in [0.1, 0.15) is 7.05 Å². The molecule has 0 saturated heterocycles. The molecule has 0 bridgehead atoms. The summed E-state index contributed by atoms with van der Waals surface area (Å²) >= 11 is 0. The summed E-state index contributed by atoms with van der Waals surface area (Å²) in [5, 5.41) is 0. The number of pyridine rings is 1. The van der Waals surface area contributed by atoms with Crippen LogP contribution in [0.4, 0.5) is 0 Å². The summed E-state index contributed by atoms with van der Waals surface area (Å²) in [6, 6.07) is 18.3. The lowest BCUT2D eigenvalue weighted by Crippen LogP contribution is -2.39. The highest BCUT2D eigenvalue weighted by molar-refractivity contribution is 5.74. The Balaban J connectivity index is 2.07. The van der Waals surface area contributed by atoms with Crippen molar-refractivity contribution in [3.63, 3.8) is 0 Å². The van der Waals surface area contributed by atoms with Crippen LogP contribution in [0.3, 0.4) is 0 Å². The van der Waals surface area contributed by atoms with Crippen LogP contribution in [0.5, 0.6) is 0 Å². The minimum atomic E-state index is -0.0491. The predicted molar refractivity (Wildman–Crippen MR) is 123 cm³/mol. The summed E-state index contributed by atoms with van der Waals surface area (Å²) in [7, 11) is 2.19. The second-order valence-electron chi connectivity index (χ2n) is 10.1. The normalized spacial score (nSPS) is 16.4. The summed E-state index contributed by atoms with van der Waals surface area (Å²) in [6.45, 7) is 16.3. The van der Waals surface area contributed by atoms with Gasteiger partial charge in [-0.3, -0.25) is 0 Å². The van der Waals surface area contributed by atoms with Crippen LogP contribution in [0, 0.1) is 6.92 Å². The molecule has 2 aromatic carbocycles. The van der Waals surface area contributed by atoms with Gasteiger partial charge in [-0.05, 0) is 46.7 Å². The van der Waals surface area contributed by atoms with E-state index in [1.807, 2.05) is 0 Å². The van der Waals surface area contributed by atoms with Crippen molar-refractivity contribution in [2.24, 2.45) is 7.05 Å². The topological polar surface area (TPSA) is 3.88 Å². The third-order valence-electron chi connectivity index (χ3n) is 7.06. The second kappa shape index (κ2) is 6.55. The molecule has 1 aromatic heterocycles. The third kappa shape index (κ3) is 2.86. The van der Waals surface area contributed by atoms with Gasteiger partial charge in [-0.25, -0.2) is 4.57 Å². The van der Waals surface area contributed by atoms with Crippen molar-refractivity contribution in [3.8, 4) is 11.3 Å². The fourth-order valence-corrected chi connectivity index (χ4v) is 5.29. The quantitative estimate of drug-likeness (QED) is 0.440. The number of hydrogen-bond donors (Lipinski definition) is 0. The van der Waals surface area contributed by atoms with Gasteiger partial charge in [0, 0.05) is 22.5 Å². The number of aromatic nitrogens is 1. The van der Waals surface area contributed by atoms with Gasteiger partial charge in [-0.15, -0.1) is 0 Å². The Kier molecular flexibility index (Phi) is 4.49. The fourth-order valence-electron chi connectivity index (χ4n) is 5.29. The standard InChI is InChI=1S/C28H34N/c1-18(2)20-14-16-24(29(8)17-20)25-19(3)13-15-23-26(25)28(6,7)22-12-10-9-11-21(22)27(23,4)5/h9-18H,1-8H3/q+1. The molecule has 4 rings (SSSR count). The van der Waals surface area contributed by atoms with Crippen LogP contribution in [0.15, 0.2) is 54.7 Å². The Morgan fingerprint density at radius 3 is 1.97 bits per heavy atom. The molecule has 0 spiro atoms. The van der Waals surface area contributed by atoms with Gasteiger partial charge >= 0.3 is 0 Å². The molecule has 0 unspecified atom stereocenters. The zero-order valence-corrected chi connectivity index (χ0v) is 19.2. The Bertz CT molecular complexity index is 1100. The molecule has 1 heterocycles. The summed E-state index contributed by atoms with van der Waals surface area (Å²) < 4.78 is 2.32. The Morgan fingerprint density at radius 1 is 0.759 bits per heavy atom. The van der Waals surface area contributed by atoms with Gasteiger partial charge in [0.2, 0.25) is 5.69 Å². The van der Waals surface area contributed by atoms with Crippen molar-refractivity contribution < 1.29 is 4.57 Å². The van der Waals surface area contributed by atoms with Gasteiger partial charge in [-0.1, -0.05) is 77.9 Å². The molecule has 0 atom stereocenters. The number of nitrogens with zero attached hydrogens (tertiary/aromatic N) is 1. The average Bonchev–Trinajstić information content (AvgIpc) is 2.67. The minimum absolute atomic E-state index is 0.0136. The highest BCUT2D eigenvalue weighted by Crippen LogP contribution is 2.52. The lowest BCUT2D eigenvalue weighted by molar-refractivity contribution is -0.660. The summed E-state index contributed by atoms with van der Waals surface area (Å²) in [4.78, 5) is 0. The number of fused-ring (bicyclic) bond motifs is 2. The van der Waals surface area contributed by atoms with E-state index in [1.54, 1.807) is 0 Å². The molecule has 0 saturated carbocycles. The molecule has 0 amide bonds. The molecule has 1 nitrogen and oxygen atoms in total. The van der Waals surface area contributed by atoms with Crippen LogP contribution < -0.4 is 4.57 Å². The first kappa shape index (κ1) is 19.9. The Hall–Kier alpha value is -2.41. The number of hydrogen-bond acceptors (Lipinski definition) is 0. The van der Waals surface area contributed by atoms with Gasteiger partial charge < -0.3 is 0 Å². The molecule has 3 aromatic rings. The zero-order valence-electron chi connectivity index (χ0n) is 19.2. The van der Waals surface area contributed by atoms with E-state index >= 15 is 0 Å². The van der Waals surface area contributed by atoms with Crippen molar-refractivity contribution in [1.29, 1.82) is 0 Å². The maximum absolute atomic E-state index is 2.39. The van der Waals surface area contributed by atoms with Crippen molar-refractivity contribution in [2.75, 3.05) is 0 Å². The molecule has 0 N–H and O–H groups in total. The summed E-state index contributed by atoms with van der Waals surface area (Å²) in [5.41, 5.74) is 11.2. The van der Waals surface area contributed by atoms with E-state index < -0.39 is 0 Å². The zero-order chi connectivity index (χ0) is 21.1. The molecule has 0 radical (unpaired) electrons. The first-order valence-corrected chi connectivity index (χ1v) is 10.8. The Morgan fingerprint density at radius 2 is 1.38 bits per heavy atom. The lowest BCUT2D eigenvalue weighted by Gasteiger charge is -2.45. The SMILES string of the molecule is Cc1ccc2c(c1-c1ccc(C(C)C)c[n+]1C)C(C)(C)c1ccccc1C2(C)C. The molecule has 1 heteroatoms. The summed E-state index contributed by atoms with van der Waals surface area (Å²) in [5.74, 6) is 0.531. The van der Waals surface area contributed by atoms with E-state index in [-0.39, 0.29) is 10.8 Å². The van der Waals surface area contributed by atoms with Gasteiger partial charge in [-0.2, -0.15) is 0 Å². The van der Waals surface area contributed by atoms with Crippen LogP contribution in [-0.4, -0.2) is 0 Å². The molecule has 1 aliphatic carbocycles. The van der Waals surface area contributed by atoms with Crippen LogP contribution in [0.1, 0.15) is 80.8 Å². The molecular formula is C28H34N+. The van der Waals surface area contributed by atoms with Crippen molar-refractivity contribution in [3.05, 3.63) is 88.1 Å². The summed E-state index contributed by atoms with van der Waals surface area (Å²) in [6.07, 6.45) is 2.30. The van der Waals surface area contributed by atoms with Crippen LogP contribution in [0.2, 0.25) is 0 Å². The van der Waals surface area contributed by atoms with E-state index in [9.17, 15) is 0 Å².